The molecule has 19 heavy (non-hydrogen) atoms. The van der Waals surface area contributed by atoms with Gasteiger partial charge < -0.3 is 4.74 Å². The molecule has 0 aromatic heterocycles. The molecule has 0 N–H and O–H groups in total. The van der Waals surface area contributed by atoms with E-state index in [1.54, 1.807) is 0 Å². The number of hydrogen-bond donors (Lipinski definition) is 1. The molecule has 2 nitrogen and oxygen atoms in total. The molecule has 0 aliphatic carbocycles. The minimum absolute atomic E-state index is 0.191. The topological polar surface area (TPSA) is 26.3 Å². The molecule has 0 heterocycles. The van der Waals surface area contributed by atoms with Crippen molar-refractivity contribution < 1.29 is 9.53 Å². The van der Waals surface area contributed by atoms with E-state index in [4.69, 9.17) is 4.74 Å². The van der Waals surface area contributed by atoms with Gasteiger partial charge in [0.15, 0.2) is 0 Å². The normalized spacial score (nSPS) is 10.0. The monoisotopic (exact) mass is 398 g/mol. The third kappa shape index (κ3) is 27.7. The first-order chi connectivity index (χ1) is 9.04. The van der Waals surface area contributed by atoms with Crippen LogP contribution in [0.25, 0.3) is 0 Å². The average Bonchev–Trinajstić information content (AvgIpc) is 2.36. The Morgan fingerprint density at radius 2 is 1.37 bits per heavy atom. The van der Waals surface area contributed by atoms with Crippen molar-refractivity contribution in [2.45, 2.75) is 73.1 Å². The molecule has 0 saturated heterocycles. The number of hydrogen-bond acceptors (Lipinski definition) is 3. The number of esters is 1. The zero-order chi connectivity index (χ0) is 14.9. The first-order valence-electron chi connectivity index (χ1n) is 7.81. The van der Waals surface area contributed by atoms with Crippen molar-refractivity contribution in [3.63, 3.8) is 0 Å². The Labute approximate surface area is 133 Å². The Morgan fingerprint density at radius 1 is 0.947 bits per heavy atom. The Bertz CT molecular complexity index is 184. The molecule has 4 heteroatoms. The zero-order valence-corrected chi connectivity index (χ0v) is 17.6. The van der Waals surface area contributed by atoms with Crippen LogP contribution >= 0.6 is 12.6 Å². The maximum atomic E-state index is 10.7. The molecule has 0 aliphatic heterocycles. The third-order valence-corrected chi connectivity index (χ3v) is 2.65. The van der Waals surface area contributed by atoms with Gasteiger partial charge in [-0.2, -0.15) is 12.6 Å². The van der Waals surface area contributed by atoms with Crippen molar-refractivity contribution in [2.24, 2.45) is 0 Å². The summed E-state index contributed by atoms with van der Waals surface area (Å²) in [7, 11) is 0. The van der Waals surface area contributed by atoms with Crippen LogP contribution in [-0.2, 0) is 9.53 Å². The van der Waals surface area contributed by atoms with Gasteiger partial charge in [-0.25, -0.2) is 0 Å². The second kappa shape index (κ2) is 18.6. The predicted octanol–water partition coefficient (Wildman–Crippen LogP) is 4.70. The van der Waals surface area contributed by atoms with E-state index in [0.717, 1.165) is 6.42 Å². The number of thiol groups is 1. The van der Waals surface area contributed by atoms with Crippen molar-refractivity contribution in [1.29, 1.82) is 0 Å². The Balaban J connectivity index is 0. The molecule has 0 saturated carbocycles. The van der Waals surface area contributed by atoms with Gasteiger partial charge >= 0.3 is 40.5 Å². The molecule has 0 amide bonds. The third-order valence-electron chi connectivity index (χ3n) is 2.39. The fraction of sp³-hybridized carbons (Fsp3) is 0.933. The zero-order valence-electron chi connectivity index (χ0n) is 13.4. The van der Waals surface area contributed by atoms with Crippen LogP contribution in [0.15, 0.2) is 0 Å². The van der Waals surface area contributed by atoms with E-state index in [0.29, 0.717) is 6.61 Å². The first kappa shape index (κ1) is 21.9. The maximum absolute atomic E-state index is 10.7. The van der Waals surface area contributed by atoms with Crippen molar-refractivity contribution in [2.75, 3.05) is 12.4 Å². The van der Waals surface area contributed by atoms with Gasteiger partial charge in [0.05, 0.1) is 12.4 Å². The van der Waals surface area contributed by atoms with Crippen LogP contribution < -0.4 is 0 Å². The van der Waals surface area contributed by atoms with E-state index in [1.807, 2.05) is 0 Å². The van der Waals surface area contributed by atoms with Crippen LogP contribution in [0, 0.1) is 0 Å². The first-order valence-corrected chi connectivity index (χ1v) is 18.3. The summed E-state index contributed by atoms with van der Waals surface area (Å²) in [6.07, 6.45) is 10.1. The predicted molar refractivity (Wildman–Crippen MR) is 92.2 cm³/mol. The molecule has 0 aromatic rings. The summed E-state index contributed by atoms with van der Waals surface area (Å²) in [6.45, 7) is 2.80. The quantitative estimate of drug-likeness (QED) is 0.250. The van der Waals surface area contributed by atoms with Gasteiger partial charge in [0.25, 0.3) is 0 Å². The van der Waals surface area contributed by atoms with E-state index in [2.05, 4.69) is 34.4 Å². The molecule has 0 rings (SSSR count). The summed E-state index contributed by atoms with van der Waals surface area (Å²) in [5.41, 5.74) is 0. The van der Waals surface area contributed by atoms with E-state index in [1.165, 1.54) is 44.9 Å². The van der Waals surface area contributed by atoms with Gasteiger partial charge in [0, 0.05) is 0 Å². The van der Waals surface area contributed by atoms with E-state index in [9.17, 15) is 4.79 Å². The average molecular weight is 397 g/mol. The molecule has 0 aromatic carbocycles. The van der Waals surface area contributed by atoms with Gasteiger partial charge in [-0.15, -0.1) is 0 Å². The number of carbonyl (C=O) groups excluding carboxylic acids is 1. The number of rotatable bonds is 10. The fourth-order valence-corrected chi connectivity index (χ4v) is 1.56. The molecule has 0 atom stereocenters. The van der Waals surface area contributed by atoms with Gasteiger partial charge in [0.1, 0.15) is 0 Å². The summed E-state index contributed by atoms with van der Waals surface area (Å²) in [5.74, 6) is -0.0157. The standard InChI is InChI=1S/C12H24O2S.3CH3.Sn.H/c1-2-3-4-5-6-7-8-9-10-14-12(13)11-15;;;;;/h15H,2-11H2,1H3;3*1H3;;. The number of unbranched alkanes of at least 4 members (excludes halogenated alkanes) is 7. The van der Waals surface area contributed by atoms with E-state index >= 15 is 0 Å². The second-order valence-corrected chi connectivity index (χ2v) is 15.8. The van der Waals surface area contributed by atoms with Crippen LogP contribution in [0.2, 0.25) is 14.8 Å². The van der Waals surface area contributed by atoms with Crippen LogP contribution in [-0.4, -0.2) is 38.1 Å². The molecule has 0 bridgehead atoms. The Morgan fingerprint density at radius 3 is 1.79 bits per heavy atom. The molecular formula is C15H34O2SSn. The van der Waals surface area contributed by atoms with Gasteiger partial charge in [-0.1, -0.05) is 51.9 Å². The molecule has 0 unspecified atom stereocenters. The van der Waals surface area contributed by atoms with Crippen molar-refractivity contribution in [3.8, 4) is 0 Å². The molecule has 0 aliphatic rings. The van der Waals surface area contributed by atoms with Gasteiger partial charge in [-0.3, -0.25) is 4.79 Å². The van der Waals surface area contributed by atoms with Crippen LogP contribution in [0.3, 0.4) is 0 Å². The Hall–Kier alpha value is 0.619. The van der Waals surface area contributed by atoms with Crippen molar-refractivity contribution in [3.05, 3.63) is 0 Å². The molecular weight excluding hydrogens is 363 g/mol. The van der Waals surface area contributed by atoms with Crippen molar-refractivity contribution in [1.82, 2.24) is 0 Å². The van der Waals surface area contributed by atoms with Gasteiger partial charge in [0.2, 0.25) is 0 Å². The number of carbonyl (C=O) groups is 1. The molecule has 116 valence electrons. The summed E-state index contributed by atoms with van der Waals surface area (Å²) in [4.78, 5) is 17.9. The van der Waals surface area contributed by atoms with Gasteiger partial charge in [-0.05, 0) is 6.42 Å². The SMILES string of the molecule is CCCCCCCCCCOC(=O)CS.[CH3][SnH]([CH3])[CH3]. The summed E-state index contributed by atoms with van der Waals surface area (Å²) < 4.78 is 4.92. The van der Waals surface area contributed by atoms with E-state index in [-0.39, 0.29) is 11.7 Å². The second-order valence-electron chi connectivity index (χ2n) is 5.59. The molecule has 0 fully saturated rings. The molecule has 0 radical (unpaired) electrons. The summed E-state index contributed by atoms with van der Waals surface area (Å²) >= 11 is 3.20. The molecule has 0 spiro atoms. The summed E-state index contributed by atoms with van der Waals surface area (Å²) in [6, 6.07) is 0. The number of ether oxygens (including phenoxy) is 1. The van der Waals surface area contributed by atoms with Crippen LogP contribution in [0.1, 0.15) is 58.3 Å². The Kier molecular flexibility index (Phi) is 21.5. The van der Waals surface area contributed by atoms with Crippen LogP contribution in [0.5, 0.6) is 0 Å². The fourth-order valence-electron chi connectivity index (χ4n) is 1.47. The van der Waals surface area contributed by atoms with Crippen molar-refractivity contribution >= 4 is 38.4 Å². The van der Waals surface area contributed by atoms with Crippen LogP contribution in [0.4, 0.5) is 0 Å². The summed E-state index contributed by atoms with van der Waals surface area (Å²) in [5, 5.41) is 0. The van der Waals surface area contributed by atoms with E-state index < -0.39 is 19.8 Å². The minimum atomic E-state index is -0.637.